The van der Waals surface area contributed by atoms with Gasteiger partial charge in [0.05, 0.1) is 22.2 Å². The summed E-state index contributed by atoms with van der Waals surface area (Å²) in [5.74, 6) is -2.39. The lowest BCUT2D eigenvalue weighted by atomic mass is 10.2. The van der Waals surface area contributed by atoms with Crippen molar-refractivity contribution < 1.29 is 18.5 Å². The van der Waals surface area contributed by atoms with Crippen molar-refractivity contribution in [3.8, 4) is 0 Å². The molecule has 0 fully saturated rings. The third-order valence-electron chi connectivity index (χ3n) is 2.40. The molecule has 8 heteroatoms. The molecule has 0 radical (unpaired) electrons. The Morgan fingerprint density at radius 1 is 1.25 bits per heavy atom. The first-order valence-electron chi connectivity index (χ1n) is 5.34. The summed E-state index contributed by atoms with van der Waals surface area (Å²) in [6, 6.07) is 4.99. The van der Waals surface area contributed by atoms with Gasteiger partial charge in [-0.15, -0.1) is 0 Å². The molecule has 2 aromatic rings. The fraction of sp³-hybridized carbons (Fsp3) is 0. The van der Waals surface area contributed by atoms with Crippen LogP contribution in [0, 0.1) is 21.9 Å². The Bertz CT molecular complexity index is 674. The highest BCUT2D eigenvalue weighted by atomic mass is 19.1. The average molecular weight is 279 g/mol. The van der Waals surface area contributed by atoms with Crippen molar-refractivity contribution in [1.82, 2.24) is 4.98 Å². The van der Waals surface area contributed by atoms with Crippen LogP contribution in [0.3, 0.4) is 0 Å². The first-order valence-corrected chi connectivity index (χ1v) is 5.34. The molecule has 0 aliphatic heterocycles. The smallest absolute Gasteiger partial charge is 0.272 e. The summed E-state index contributed by atoms with van der Waals surface area (Å²) in [4.78, 5) is 24.7. The Labute approximate surface area is 111 Å². The number of anilines is 1. The van der Waals surface area contributed by atoms with Gasteiger partial charge in [-0.3, -0.25) is 14.9 Å². The summed E-state index contributed by atoms with van der Waals surface area (Å²) in [6.07, 6.45) is 0.994. The molecule has 0 aliphatic rings. The van der Waals surface area contributed by atoms with E-state index in [1.165, 1.54) is 6.07 Å². The summed E-state index contributed by atoms with van der Waals surface area (Å²) in [6.45, 7) is 0. The van der Waals surface area contributed by atoms with Crippen molar-refractivity contribution >= 4 is 17.3 Å². The van der Waals surface area contributed by atoms with Crippen LogP contribution in [-0.2, 0) is 0 Å². The normalized spacial score (nSPS) is 10.1. The van der Waals surface area contributed by atoms with Gasteiger partial charge in [-0.25, -0.2) is 9.37 Å². The number of nitro groups is 1. The van der Waals surface area contributed by atoms with Crippen molar-refractivity contribution in [2.45, 2.75) is 0 Å². The van der Waals surface area contributed by atoms with E-state index in [-0.39, 0.29) is 11.3 Å². The molecule has 0 saturated heterocycles. The van der Waals surface area contributed by atoms with Gasteiger partial charge in [0, 0.05) is 12.3 Å². The monoisotopic (exact) mass is 279 g/mol. The van der Waals surface area contributed by atoms with Crippen LogP contribution in [0.15, 0.2) is 36.5 Å². The van der Waals surface area contributed by atoms with Gasteiger partial charge in [0.1, 0.15) is 0 Å². The van der Waals surface area contributed by atoms with E-state index in [1.54, 1.807) is 0 Å². The quantitative estimate of drug-likeness (QED) is 0.531. The first-order chi connectivity index (χ1) is 9.47. The SMILES string of the molecule is O=C(Nc1ccc([N+](=O)[O-])cc1F)c1ccc(F)nc1. The number of rotatable bonds is 3. The van der Waals surface area contributed by atoms with Gasteiger partial charge in [-0.2, -0.15) is 4.39 Å². The molecule has 102 valence electrons. The van der Waals surface area contributed by atoms with Gasteiger partial charge in [0.2, 0.25) is 5.95 Å². The van der Waals surface area contributed by atoms with E-state index in [4.69, 9.17) is 0 Å². The zero-order valence-electron chi connectivity index (χ0n) is 9.84. The number of nitrogens with one attached hydrogen (secondary N) is 1. The van der Waals surface area contributed by atoms with E-state index in [9.17, 15) is 23.7 Å². The van der Waals surface area contributed by atoms with Crippen LogP contribution in [0.2, 0.25) is 0 Å². The fourth-order valence-corrected chi connectivity index (χ4v) is 1.42. The maximum absolute atomic E-state index is 13.6. The molecule has 1 amide bonds. The molecule has 0 aliphatic carbocycles. The lowest BCUT2D eigenvalue weighted by Crippen LogP contribution is -2.13. The number of nitro benzene ring substituents is 1. The third-order valence-corrected chi connectivity index (χ3v) is 2.40. The molecule has 6 nitrogen and oxygen atoms in total. The molecule has 0 unspecified atom stereocenters. The van der Waals surface area contributed by atoms with Crippen LogP contribution in [-0.4, -0.2) is 15.8 Å². The second-order valence-corrected chi connectivity index (χ2v) is 3.74. The number of pyridine rings is 1. The van der Waals surface area contributed by atoms with Crippen LogP contribution in [0.4, 0.5) is 20.2 Å². The lowest BCUT2D eigenvalue weighted by Gasteiger charge is -2.05. The predicted molar refractivity (Wildman–Crippen MR) is 65.2 cm³/mol. The minimum absolute atomic E-state index is 0.0316. The number of amides is 1. The molecule has 0 saturated carbocycles. The van der Waals surface area contributed by atoms with Gasteiger partial charge < -0.3 is 5.32 Å². The van der Waals surface area contributed by atoms with Gasteiger partial charge in [-0.05, 0) is 18.2 Å². The maximum Gasteiger partial charge on any atom is 0.272 e. The third kappa shape index (κ3) is 2.91. The van der Waals surface area contributed by atoms with Crippen LogP contribution in [0.25, 0.3) is 0 Å². The molecule has 1 aromatic carbocycles. The van der Waals surface area contributed by atoms with Crippen LogP contribution >= 0.6 is 0 Å². The number of hydrogen-bond acceptors (Lipinski definition) is 4. The number of carbonyl (C=O) groups excluding carboxylic acids is 1. The Hall–Kier alpha value is -2.90. The summed E-state index contributed by atoms with van der Waals surface area (Å²) in [7, 11) is 0. The van der Waals surface area contributed by atoms with E-state index in [2.05, 4.69) is 10.3 Å². The van der Waals surface area contributed by atoms with E-state index in [0.717, 1.165) is 24.4 Å². The molecule has 2 rings (SSSR count). The number of nitrogens with zero attached hydrogens (tertiary/aromatic N) is 2. The van der Waals surface area contributed by atoms with Gasteiger partial charge in [-0.1, -0.05) is 0 Å². The highest BCUT2D eigenvalue weighted by molar-refractivity contribution is 6.04. The van der Waals surface area contributed by atoms with Crippen molar-refractivity contribution in [3.63, 3.8) is 0 Å². The summed E-state index contributed by atoms with van der Waals surface area (Å²) in [5, 5.41) is 12.7. The molecule has 0 atom stereocenters. The van der Waals surface area contributed by atoms with Crippen molar-refractivity contribution in [1.29, 1.82) is 0 Å². The van der Waals surface area contributed by atoms with Crippen LogP contribution in [0.5, 0.6) is 0 Å². The number of halogens is 2. The van der Waals surface area contributed by atoms with Crippen LogP contribution in [0.1, 0.15) is 10.4 Å². The first kappa shape index (κ1) is 13.5. The number of hydrogen-bond donors (Lipinski definition) is 1. The van der Waals surface area contributed by atoms with E-state index < -0.39 is 28.3 Å². The molecule has 20 heavy (non-hydrogen) atoms. The molecule has 1 aromatic heterocycles. The van der Waals surface area contributed by atoms with Crippen molar-refractivity contribution in [3.05, 3.63) is 64.0 Å². The second-order valence-electron chi connectivity index (χ2n) is 3.74. The summed E-state index contributed by atoms with van der Waals surface area (Å²) >= 11 is 0. The molecule has 1 N–H and O–H groups in total. The molecular formula is C12H7F2N3O3. The zero-order chi connectivity index (χ0) is 14.7. The fourth-order valence-electron chi connectivity index (χ4n) is 1.42. The minimum Gasteiger partial charge on any atom is -0.319 e. The standard InChI is InChI=1S/C12H7F2N3O3/c13-9-5-8(17(19)20)2-3-10(9)16-12(18)7-1-4-11(14)15-6-7/h1-6H,(H,16,18). The van der Waals surface area contributed by atoms with E-state index in [1.807, 2.05) is 0 Å². The number of aromatic nitrogens is 1. The summed E-state index contributed by atoms with van der Waals surface area (Å²) in [5.41, 5.74) is -0.613. The predicted octanol–water partition coefficient (Wildman–Crippen LogP) is 2.52. The van der Waals surface area contributed by atoms with Crippen molar-refractivity contribution in [2.75, 3.05) is 5.32 Å². The Balaban J connectivity index is 2.19. The number of benzene rings is 1. The maximum atomic E-state index is 13.6. The minimum atomic E-state index is -0.942. The van der Waals surface area contributed by atoms with Gasteiger partial charge in [0.25, 0.3) is 11.6 Å². The zero-order valence-corrected chi connectivity index (χ0v) is 9.84. The van der Waals surface area contributed by atoms with Crippen LogP contribution < -0.4 is 5.32 Å². The number of carbonyl (C=O) groups is 1. The Morgan fingerprint density at radius 3 is 2.55 bits per heavy atom. The largest absolute Gasteiger partial charge is 0.319 e. The molecular weight excluding hydrogens is 272 g/mol. The second kappa shape index (κ2) is 5.39. The molecule has 0 spiro atoms. The molecule has 0 bridgehead atoms. The van der Waals surface area contributed by atoms with Gasteiger partial charge in [0.15, 0.2) is 5.82 Å². The topological polar surface area (TPSA) is 85.1 Å². The average Bonchev–Trinajstić information content (AvgIpc) is 2.41. The highest BCUT2D eigenvalue weighted by Crippen LogP contribution is 2.21. The van der Waals surface area contributed by atoms with E-state index >= 15 is 0 Å². The van der Waals surface area contributed by atoms with Crippen molar-refractivity contribution in [2.24, 2.45) is 0 Å². The highest BCUT2D eigenvalue weighted by Gasteiger charge is 2.13. The Morgan fingerprint density at radius 2 is 2.00 bits per heavy atom. The summed E-state index contributed by atoms with van der Waals surface area (Å²) < 4.78 is 26.2. The van der Waals surface area contributed by atoms with E-state index in [0.29, 0.717) is 6.07 Å². The number of non-ortho nitro benzene ring substituents is 1. The van der Waals surface area contributed by atoms with Gasteiger partial charge >= 0.3 is 0 Å². The Kier molecular flexibility index (Phi) is 3.65. The molecule has 1 heterocycles. The lowest BCUT2D eigenvalue weighted by molar-refractivity contribution is -0.385.